The maximum Gasteiger partial charge on any atom is 0.295 e. The third-order valence-electron chi connectivity index (χ3n) is 7.82. The first-order chi connectivity index (χ1) is 18.3. The number of carbonyl (C=O) groups excluding carboxylic acids is 3. The van der Waals surface area contributed by atoms with Crippen molar-refractivity contribution in [2.45, 2.75) is 24.9 Å². The fourth-order valence-corrected chi connectivity index (χ4v) is 5.39. The molecular weight excluding hydrogens is 484 g/mol. The van der Waals surface area contributed by atoms with E-state index in [9.17, 15) is 19.5 Å². The Kier molecular flexibility index (Phi) is 7.23. The van der Waals surface area contributed by atoms with Gasteiger partial charge >= 0.3 is 0 Å². The summed E-state index contributed by atoms with van der Waals surface area (Å²) in [6.07, 6.45) is 3.00. The molecule has 5 rings (SSSR count). The number of fused-ring (bicyclic) bond motifs is 1. The molecule has 0 bridgehead atoms. The molecule has 9 heteroatoms. The van der Waals surface area contributed by atoms with Crippen molar-refractivity contribution in [2.75, 3.05) is 53.4 Å². The molecular formula is C29H34N4O5. The van der Waals surface area contributed by atoms with Crippen molar-refractivity contribution in [3.8, 4) is 5.75 Å². The van der Waals surface area contributed by atoms with E-state index in [4.69, 9.17) is 4.74 Å². The fourth-order valence-electron chi connectivity index (χ4n) is 5.39. The molecule has 3 heterocycles. The highest BCUT2D eigenvalue weighted by Gasteiger charge is 2.35. The van der Waals surface area contributed by atoms with Crippen LogP contribution in [0.4, 0.5) is 0 Å². The lowest BCUT2D eigenvalue weighted by molar-refractivity contribution is -0.127. The Balaban J connectivity index is 1.34. The van der Waals surface area contributed by atoms with Crippen molar-refractivity contribution >= 4 is 28.5 Å². The second kappa shape index (κ2) is 10.6. The van der Waals surface area contributed by atoms with E-state index in [-0.39, 0.29) is 11.5 Å². The van der Waals surface area contributed by atoms with Gasteiger partial charge in [-0.05, 0) is 31.5 Å². The summed E-state index contributed by atoms with van der Waals surface area (Å²) in [5, 5.41) is 11.7. The van der Waals surface area contributed by atoms with E-state index in [1.165, 1.54) is 13.3 Å². The second-order valence-corrected chi connectivity index (χ2v) is 10.4. The molecule has 0 spiro atoms. The number of likely N-dealkylation sites (N-methyl/N-ethyl adjacent to an activating group) is 1. The van der Waals surface area contributed by atoms with Crippen LogP contribution in [0.5, 0.6) is 5.75 Å². The quantitative estimate of drug-likeness (QED) is 0.383. The summed E-state index contributed by atoms with van der Waals surface area (Å²) in [5.41, 5.74) is 1.39. The lowest BCUT2D eigenvalue weighted by Crippen LogP contribution is -2.49. The van der Waals surface area contributed by atoms with Crippen LogP contribution >= 0.6 is 0 Å². The van der Waals surface area contributed by atoms with Crippen LogP contribution in [-0.2, 0) is 11.2 Å². The van der Waals surface area contributed by atoms with Crippen LogP contribution in [0.1, 0.15) is 39.1 Å². The van der Waals surface area contributed by atoms with E-state index in [0.29, 0.717) is 67.7 Å². The molecule has 2 fully saturated rings. The van der Waals surface area contributed by atoms with Gasteiger partial charge in [0.05, 0.1) is 23.8 Å². The van der Waals surface area contributed by atoms with Crippen LogP contribution in [0.25, 0.3) is 10.9 Å². The number of Topliss-reactive ketones (excluding diaryl/α,β-unsaturated/α-hetero) is 1. The van der Waals surface area contributed by atoms with Crippen LogP contribution in [0.3, 0.4) is 0 Å². The first-order valence-electron chi connectivity index (χ1n) is 13.0. The topological polar surface area (TPSA) is 106 Å². The summed E-state index contributed by atoms with van der Waals surface area (Å²) in [6, 6.07) is 13.2. The number of ether oxygens (including phenoxy) is 1. The summed E-state index contributed by atoms with van der Waals surface area (Å²) in [7, 11) is 3.49. The Bertz CT molecular complexity index is 1340. The molecule has 9 nitrogen and oxygen atoms in total. The third-order valence-corrected chi connectivity index (χ3v) is 7.82. The van der Waals surface area contributed by atoms with E-state index in [2.05, 4.69) is 9.88 Å². The first-order valence-corrected chi connectivity index (χ1v) is 13.0. The van der Waals surface area contributed by atoms with Crippen molar-refractivity contribution < 1.29 is 24.2 Å². The average molecular weight is 519 g/mol. The number of benzene rings is 2. The average Bonchev–Trinajstić information content (AvgIpc) is 3.35. The van der Waals surface area contributed by atoms with Gasteiger partial charge in [-0.1, -0.05) is 30.3 Å². The Morgan fingerprint density at radius 2 is 1.63 bits per heavy atom. The number of aliphatic hydroxyl groups is 1. The third kappa shape index (κ3) is 5.16. The number of ketones is 1. The van der Waals surface area contributed by atoms with Gasteiger partial charge in [0, 0.05) is 68.9 Å². The van der Waals surface area contributed by atoms with Gasteiger partial charge in [-0.15, -0.1) is 0 Å². The minimum atomic E-state index is -0.865. The molecule has 200 valence electrons. The lowest BCUT2D eigenvalue weighted by Gasteiger charge is -2.38. The van der Waals surface area contributed by atoms with E-state index >= 15 is 0 Å². The number of hydrogen-bond acceptors (Lipinski definition) is 6. The molecule has 0 unspecified atom stereocenters. The predicted octanol–water partition coefficient (Wildman–Crippen LogP) is 2.34. The number of methoxy groups -OCH3 is 1. The molecule has 2 aromatic carbocycles. The largest absolute Gasteiger partial charge is 0.496 e. The lowest BCUT2D eigenvalue weighted by atomic mass is 9.85. The van der Waals surface area contributed by atoms with Crippen LogP contribution < -0.4 is 4.74 Å². The van der Waals surface area contributed by atoms with Crippen LogP contribution in [0.2, 0.25) is 0 Å². The molecule has 2 aliphatic rings. The number of aromatic amines is 1. The maximum absolute atomic E-state index is 13.6. The molecule has 0 atom stereocenters. The summed E-state index contributed by atoms with van der Waals surface area (Å²) in [5.74, 6) is -0.959. The number of piperidine rings is 1. The minimum absolute atomic E-state index is 0.226. The molecule has 2 aliphatic heterocycles. The number of hydrogen-bond donors (Lipinski definition) is 2. The zero-order valence-electron chi connectivity index (χ0n) is 21.9. The Morgan fingerprint density at radius 3 is 2.29 bits per heavy atom. The zero-order chi connectivity index (χ0) is 26.9. The number of amides is 2. The molecule has 3 aromatic rings. The molecule has 2 saturated heterocycles. The molecule has 2 N–H and O–H groups in total. The van der Waals surface area contributed by atoms with Crippen molar-refractivity contribution in [3.63, 3.8) is 0 Å². The molecule has 0 radical (unpaired) electrons. The Labute approximate surface area is 222 Å². The molecule has 0 saturated carbocycles. The Morgan fingerprint density at radius 1 is 0.947 bits per heavy atom. The summed E-state index contributed by atoms with van der Waals surface area (Å²) >= 11 is 0. The number of nitrogens with one attached hydrogen (secondary N) is 1. The number of aromatic nitrogens is 1. The number of piperazine rings is 1. The van der Waals surface area contributed by atoms with Crippen LogP contribution in [0.15, 0.2) is 48.7 Å². The standard InChI is InChI=1S/C29H34N4O5/c1-31-12-14-33(15-13-31)28(36)26(34)23-19-30-24-17-25(38-2)22(16-21(23)24)27(35)32-10-8-29(37,9-11-32)18-20-6-4-3-5-7-20/h3-7,16-17,19,30,37H,8-15,18H2,1-2H3. The van der Waals surface area contributed by atoms with Gasteiger partial charge in [0.2, 0.25) is 0 Å². The zero-order valence-corrected chi connectivity index (χ0v) is 21.9. The molecule has 2 amide bonds. The summed E-state index contributed by atoms with van der Waals surface area (Å²) < 4.78 is 5.53. The second-order valence-electron chi connectivity index (χ2n) is 10.4. The first kappa shape index (κ1) is 25.9. The molecule has 1 aromatic heterocycles. The minimum Gasteiger partial charge on any atom is -0.496 e. The molecule has 38 heavy (non-hydrogen) atoms. The van der Waals surface area contributed by atoms with E-state index in [1.807, 2.05) is 37.4 Å². The highest BCUT2D eigenvalue weighted by atomic mass is 16.5. The smallest absolute Gasteiger partial charge is 0.295 e. The Hall–Kier alpha value is -3.69. The number of H-pyrrole nitrogens is 1. The van der Waals surface area contributed by atoms with Gasteiger partial charge in [0.1, 0.15) is 5.75 Å². The number of carbonyl (C=O) groups is 3. The van der Waals surface area contributed by atoms with Gasteiger partial charge < -0.3 is 29.5 Å². The number of likely N-dealkylation sites (tertiary alicyclic amines) is 1. The fraction of sp³-hybridized carbons (Fsp3) is 0.414. The van der Waals surface area contributed by atoms with E-state index in [0.717, 1.165) is 18.7 Å². The predicted molar refractivity (Wildman–Crippen MR) is 143 cm³/mol. The SMILES string of the molecule is COc1cc2[nH]cc(C(=O)C(=O)N3CCN(C)CC3)c2cc1C(=O)N1CCC(O)(Cc2ccccc2)CC1. The number of rotatable bonds is 6. The van der Waals surface area contributed by atoms with Crippen molar-refractivity contribution in [1.82, 2.24) is 19.7 Å². The van der Waals surface area contributed by atoms with Crippen molar-refractivity contribution in [1.29, 1.82) is 0 Å². The van der Waals surface area contributed by atoms with Gasteiger partial charge in [-0.2, -0.15) is 0 Å². The summed E-state index contributed by atoms with van der Waals surface area (Å²) in [4.78, 5) is 48.2. The monoisotopic (exact) mass is 518 g/mol. The van der Waals surface area contributed by atoms with Crippen LogP contribution in [-0.4, -0.2) is 101 Å². The number of nitrogens with zero attached hydrogens (tertiary/aromatic N) is 3. The van der Waals surface area contributed by atoms with Crippen molar-refractivity contribution in [2.24, 2.45) is 0 Å². The normalized spacial score (nSPS) is 18.0. The summed E-state index contributed by atoms with van der Waals surface area (Å²) in [6.45, 7) is 3.27. The maximum atomic E-state index is 13.6. The van der Waals surface area contributed by atoms with E-state index < -0.39 is 17.3 Å². The molecule has 0 aliphatic carbocycles. The van der Waals surface area contributed by atoms with Gasteiger partial charge in [0.15, 0.2) is 0 Å². The van der Waals surface area contributed by atoms with Crippen molar-refractivity contribution in [3.05, 3.63) is 65.4 Å². The highest BCUT2D eigenvalue weighted by molar-refractivity contribution is 6.45. The van der Waals surface area contributed by atoms with Gasteiger partial charge in [0.25, 0.3) is 17.6 Å². The van der Waals surface area contributed by atoms with E-state index in [1.54, 1.807) is 21.9 Å². The van der Waals surface area contributed by atoms with Crippen LogP contribution in [0, 0.1) is 0 Å². The van der Waals surface area contributed by atoms with Gasteiger partial charge in [-0.25, -0.2) is 0 Å². The highest BCUT2D eigenvalue weighted by Crippen LogP contribution is 2.32. The van der Waals surface area contributed by atoms with Gasteiger partial charge in [-0.3, -0.25) is 14.4 Å².